The molecule has 2 aromatic rings. The van der Waals surface area contributed by atoms with Gasteiger partial charge in [-0.25, -0.2) is 0 Å². The predicted octanol–water partition coefficient (Wildman–Crippen LogP) is 2.34. The molecule has 0 aliphatic heterocycles. The van der Waals surface area contributed by atoms with Crippen molar-refractivity contribution < 1.29 is 9.53 Å². The first kappa shape index (κ1) is 15.5. The second-order valence-electron chi connectivity index (χ2n) is 5.89. The standard InChI is InChI=1S/C17H22N4O2/c1-3-21-11-13(9-19-21)23-16-6-4-5-15(16)20-17(22)14-10-18-8-7-12(14)2/h7-11,15-16H,3-6H2,1-2H3,(H,20,22)/t15-,16+/m0/s1. The van der Waals surface area contributed by atoms with E-state index in [9.17, 15) is 4.79 Å². The molecule has 0 unspecified atom stereocenters. The van der Waals surface area contributed by atoms with E-state index in [0.29, 0.717) is 5.56 Å². The molecule has 2 aromatic heterocycles. The van der Waals surface area contributed by atoms with E-state index in [-0.39, 0.29) is 18.1 Å². The van der Waals surface area contributed by atoms with E-state index in [1.54, 1.807) is 18.6 Å². The van der Waals surface area contributed by atoms with Crippen molar-refractivity contribution in [3.63, 3.8) is 0 Å². The zero-order valence-electron chi connectivity index (χ0n) is 13.5. The molecule has 2 heterocycles. The van der Waals surface area contributed by atoms with Crippen molar-refractivity contribution >= 4 is 5.91 Å². The SMILES string of the molecule is CCn1cc(O[C@@H]2CCC[C@@H]2NC(=O)c2cnccc2C)cn1. The number of rotatable bonds is 5. The van der Waals surface area contributed by atoms with Crippen molar-refractivity contribution in [3.8, 4) is 5.75 Å². The van der Waals surface area contributed by atoms with E-state index in [2.05, 4.69) is 15.4 Å². The van der Waals surface area contributed by atoms with E-state index >= 15 is 0 Å². The highest BCUT2D eigenvalue weighted by atomic mass is 16.5. The Labute approximate surface area is 135 Å². The number of ether oxygens (including phenoxy) is 1. The molecule has 1 aliphatic rings. The van der Waals surface area contributed by atoms with Crippen LogP contribution in [0.15, 0.2) is 30.9 Å². The third kappa shape index (κ3) is 3.52. The minimum atomic E-state index is -0.0830. The number of amides is 1. The second-order valence-corrected chi connectivity index (χ2v) is 5.89. The lowest BCUT2D eigenvalue weighted by atomic mass is 10.1. The van der Waals surface area contributed by atoms with Crippen LogP contribution in [0.5, 0.6) is 5.75 Å². The molecule has 6 nitrogen and oxygen atoms in total. The first-order valence-electron chi connectivity index (χ1n) is 8.08. The van der Waals surface area contributed by atoms with Crippen LogP contribution in [0.1, 0.15) is 42.1 Å². The van der Waals surface area contributed by atoms with Crippen LogP contribution in [0.25, 0.3) is 0 Å². The highest BCUT2D eigenvalue weighted by Crippen LogP contribution is 2.25. The summed E-state index contributed by atoms with van der Waals surface area (Å²) in [6.45, 7) is 4.76. The summed E-state index contributed by atoms with van der Waals surface area (Å²) in [7, 11) is 0. The van der Waals surface area contributed by atoms with Gasteiger partial charge < -0.3 is 10.1 Å². The fraction of sp³-hybridized carbons (Fsp3) is 0.471. The Morgan fingerprint density at radius 1 is 1.43 bits per heavy atom. The van der Waals surface area contributed by atoms with Gasteiger partial charge in [-0.15, -0.1) is 0 Å². The topological polar surface area (TPSA) is 69.0 Å². The van der Waals surface area contributed by atoms with E-state index in [4.69, 9.17) is 4.74 Å². The van der Waals surface area contributed by atoms with Gasteiger partial charge in [-0.2, -0.15) is 5.10 Å². The number of pyridine rings is 1. The van der Waals surface area contributed by atoms with Gasteiger partial charge in [-0.1, -0.05) is 0 Å². The average molecular weight is 314 g/mol. The predicted molar refractivity (Wildman–Crippen MR) is 86.4 cm³/mol. The monoisotopic (exact) mass is 314 g/mol. The zero-order valence-corrected chi connectivity index (χ0v) is 13.5. The summed E-state index contributed by atoms with van der Waals surface area (Å²) in [5.41, 5.74) is 1.55. The normalized spacial score (nSPS) is 20.4. The summed E-state index contributed by atoms with van der Waals surface area (Å²) >= 11 is 0. The number of carbonyl (C=O) groups excluding carboxylic acids is 1. The molecule has 0 spiro atoms. The fourth-order valence-corrected chi connectivity index (χ4v) is 2.93. The Kier molecular flexibility index (Phi) is 4.60. The van der Waals surface area contributed by atoms with Crippen molar-refractivity contribution in [2.45, 2.75) is 51.8 Å². The summed E-state index contributed by atoms with van der Waals surface area (Å²) < 4.78 is 7.85. The van der Waals surface area contributed by atoms with Crippen LogP contribution in [-0.2, 0) is 6.54 Å². The van der Waals surface area contributed by atoms with Crippen LogP contribution in [-0.4, -0.2) is 32.8 Å². The van der Waals surface area contributed by atoms with Gasteiger partial charge in [0, 0.05) is 18.9 Å². The molecule has 6 heteroatoms. The molecule has 2 atom stereocenters. The summed E-state index contributed by atoms with van der Waals surface area (Å²) in [6.07, 6.45) is 9.83. The van der Waals surface area contributed by atoms with Crippen molar-refractivity contribution in [2.24, 2.45) is 0 Å². The van der Waals surface area contributed by atoms with Crippen LogP contribution in [0.4, 0.5) is 0 Å². The zero-order chi connectivity index (χ0) is 16.2. The number of aromatic nitrogens is 3. The summed E-state index contributed by atoms with van der Waals surface area (Å²) in [5.74, 6) is 0.677. The Morgan fingerprint density at radius 3 is 3.04 bits per heavy atom. The first-order valence-corrected chi connectivity index (χ1v) is 8.08. The van der Waals surface area contributed by atoms with Crippen LogP contribution < -0.4 is 10.1 Å². The van der Waals surface area contributed by atoms with Gasteiger partial charge in [-0.3, -0.25) is 14.5 Å². The van der Waals surface area contributed by atoms with Gasteiger partial charge in [-0.05, 0) is 44.7 Å². The Bertz CT molecular complexity index is 683. The van der Waals surface area contributed by atoms with Gasteiger partial charge in [0.25, 0.3) is 5.91 Å². The molecule has 1 saturated carbocycles. The van der Waals surface area contributed by atoms with E-state index < -0.39 is 0 Å². The molecule has 122 valence electrons. The minimum Gasteiger partial charge on any atom is -0.485 e. The maximum absolute atomic E-state index is 12.4. The van der Waals surface area contributed by atoms with Crippen molar-refractivity contribution in [1.29, 1.82) is 0 Å². The Morgan fingerprint density at radius 2 is 2.30 bits per heavy atom. The maximum atomic E-state index is 12.4. The average Bonchev–Trinajstić information content (AvgIpc) is 3.18. The van der Waals surface area contributed by atoms with Gasteiger partial charge >= 0.3 is 0 Å². The molecule has 0 saturated heterocycles. The van der Waals surface area contributed by atoms with E-state index in [1.807, 2.05) is 30.8 Å². The number of aryl methyl sites for hydroxylation is 2. The number of carbonyl (C=O) groups is 1. The smallest absolute Gasteiger partial charge is 0.253 e. The molecular weight excluding hydrogens is 292 g/mol. The minimum absolute atomic E-state index is 0.00886. The summed E-state index contributed by atoms with van der Waals surface area (Å²) in [4.78, 5) is 16.5. The van der Waals surface area contributed by atoms with Crippen LogP contribution in [0, 0.1) is 6.92 Å². The number of nitrogens with zero attached hydrogens (tertiary/aromatic N) is 3. The third-order valence-corrected chi connectivity index (χ3v) is 4.27. The summed E-state index contributed by atoms with van der Waals surface area (Å²) in [6, 6.07) is 1.86. The Balaban J connectivity index is 1.65. The molecule has 1 aliphatic carbocycles. The third-order valence-electron chi connectivity index (χ3n) is 4.27. The van der Waals surface area contributed by atoms with Crippen LogP contribution in [0.3, 0.4) is 0 Å². The van der Waals surface area contributed by atoms with Crippen LogP contribution in [0.2, 0.25) is 0 Å². The molecule has 3 rings (SSSR count). The lowest BCUT2D eigenvalue weighted by molar-refractivity contribution is 0.0893. The number of hydrogen-bond donors (Lipinski definition) is 1. The molecule has 1 N–H and O–H groups in total. The molecule has 0 aromatic carbocycles. The van der Waals surface area contributed by atoms with Gasteiger partial charge in [0.2, 0.25) is 0 Å². The largest absolute Gasteiger partial charge is 0.485 e. The van der Waals surface area contributed by atoms with E-state index in [0.717, 1.165) is 37.1 Å². The Hall–Kier alpha value is -2.37. The molecule has 0 radical (unpaired) electrons. The quantitative estimate of drug-likeness (QED) is 0.919. The molecule has 23 heavy (non-hydrogen) atoms. The van der Waals surface area contributed by atoms with E-state index in [1.165, 1.54) is 0 Å². The van der Waals surface area contributed by atoms with Gasteiger partial charge in [0.05, 0.1) is 24.0 Å². The van der Waals surface area contributed by atoms with Gasteiger partial charge in [0.15, 0.2) is 5.75 Å². The van der Waals surface area contributed by atoms with Gasteiger partial charge in [0.1, 0.15) is 6.10 Å². The molecule has 1 amide bonds. The van der Waals surface area contributed by atoms with Crippen LogP contribution >= 0.6 is 0 Å². The highest BCUT2D eigenvalue weighted by molar-refractivity contribution is 5.95. The lowest BCUT2D eigenvalue weighted by Gasteiger charge is -2.21. The highest BCUT2D eigenvalue weighted by Gasteiger charge is 2.31. The first-order chi connectivity index (χ1) is 11.2. The molecular formula is C17H22N4O2. The van der Waals surface area contributed by atoms with Crippen molar-refractivity contribution in [3.05, 3.63) is 42.0 Å². The fourth-order valence-electron chi connectivity index (χ4n) is 2.93. The number of nitrogens with one attached hydrogen (secondary N) is 1. The molecule has 1 fully saturated rings. The summed E-state index contributed by atoms with van der Waals surface area (Å²) in [5, 5.41) is 7.31. The molecule has 0 bridgehead atoms. The second kappa shape index (κ2) is 6.81. The van der Waals surface area contributed by atoms with Crippen molar-refractivity contribution in [2.75, 3.05) is 0 Å². The lowest BCUT2D eigenvalue weighted by Crippen LogP contribution is -2.42. The van der Waals surface area contributed by atoms with Crippen molar-refractivity contribution in [1.82, 2.24) is 20.1 Å². The maximum Gasteiger partial charge on any atom is 0.253 e. The number of hydrogen-bond acceptors (Lipinski definition) is 4.